The Hall–Kier alpha value is -1.88. The van der Waals surface area contributed by atoms with Crippen molar-refractivity contribution in [3.63, 3.8) is 0 Å². The van der Waals surface area contributed by atoms with Crippen LogP contribution in [0.1, 0.15) is 30.1 Å². The zero-order valence-electron chi connectivity index (χ0n) is 14.6. The number of carbonyl (C=O) groups excluding carboxylic acids is 2. The van der Waals surface area contributed by atoms with Crippen molar-refractivity contribution < 1.29 is 9.59 Å². The molecule has 2 aliphatic rings. The third-order valence-electron chi connectivity index (χ3n) is 5.58. The van der Waals surface area contributed by atoms with Crippen LogP contribution in [0.2, 0.25) is 0 Å². The molecule has 0 aromatic heterocycles. The fourth-order valence-electron chi connectivity index (χ4n) is 3.59. The Balaban J connectivity index is 1.52. The van der Waals surface area contributed by atoms with E-state index in [2.05, 4.69) is 5.32 Å². The molecule has 1 unspecified atom stereocenters. The molecule has 24 heavy (non-hydrogen) atoms. The Morgan fingerprint density at radius 1 is 1.17 bits per heavy atom. The number of hydrogen-bond donors (Lipinski definition) is 1. The number of benzene rings is 1. The molecule has 2 heterocycles. The molecule has 2 fully saturated rings. The van der Waals surface area contributed by atoms with E-state index in [-0.39, 0.29) is 23.8 Å². The van der Waals surface area contributed by atoms with Crippen LogP contribution in [-0.4, -0.2) is 60.9 Å². The average molecular weight is 329 g/mol. The number of likely N-dealkylation sites (tertiary alicyclic amines) is 1. The topological polar surface area (TPSA) is 52.7 Å². The Morgan fingerprint density at radius 2 is 1.79 bits per heavy atom. The molecule has 0 spiro atoms. The highest BCUT2D eigenvalue weighted by molar-refractivity contribution is 5.94. The first kappa shape index (κ1) is 17.0. The van der Waals surface area contributed by atoms with Gasteiger partial charge >= 0.3 is 0 Å². The molecule has 5 nitrogen and oxygen atoms in total. The van der Waals surface area contributed by atoms with E-state index in [1.165, 1.54) is 0 Å². The van der Waals surface area contributed by atoms with Gasteiger partial charge in [-0.3, -0.25) is 9.59 Å². The van der Waals surface area contributed by atoms with Crippen molar-refractivity contribution in [2.45, 2.75) is 25.8 Å². The highest BCUT2D eigenvalue weighted by Crippen LogP contribution is 2.23. The van der Waals surface area contributed by atoms with Gasteiger partial charge in [0.15, 0.2) is 0 Å². The Bertz CT molecular complexity index is 578. The quantitative estimate of drug-likeness (QED) is 0.913. The largest absolute Gasteiger partial charge is 0.342 e. The zero-order valence-corrected chi connectivity index (χ0v) is 14.6. The summed E-state index contributed by atoms with van der Waals surface area (Å²) in [6.45, 7) is 5.37. The molecule has 5 heteroatoms. The molecule has 1 aromatic carbocycles. The first-order valence-corrected chi connectivity index (χ1v) is 8.89. The van der Waals surface area contributed by atoms with Crippen LogP contribution in [0.5, 0.6) is 0 Å². The minimum Gasteiger partial charge on any atom is -0.342 e. The summed E-state index contributed by atoms with van der Waals surface area (Å²) in [4.78, 5) is 29.0. The molecule has 0 aliphatic carbocycles. The van der Waals surface area contributed by atoms with Crippen LogP contribution in [0.3, 0.4) is 0 Å². The summed E-state index contributed by atoms with van der Waals surface area (Å²) in [6.07, 6.45) is 1.72. The highest BCUT2D eigenvalue weighted by Gasteiger charge is 2.34. The van der Waals surface area contributed by atoms with Gasteiger partial charge in [-0.1, -0.05) is 25.1 Å². The van der Waals surface area contributed by atoms with Crippen molar-refractivity contribution in [1.29, 1.82) is 0 Å². The summed E-state index contributed by atoms with van der Waals surface area (Å²) in [7, 11) is 1.92. The fraction of sp³-hybridized carbons (Fsp3) is 0.579. The van der Waals surface area contributed by atoms with Gasteiger partial charge < -0.3 is 15.1 Å². The van der Waals surface area contributed by atoms with Gasteiger partial charge in [0.2, 0.25) is 5.91 Å². The molecule has 3 rings (SSSR count). The van der Waals surface area contributed by atoms with E-state index in [9.17, 15) is 9.59 Å². The molecule has 2 aliphatic heterocycles. The number of nitrogens with one attached hydrogen (secondary N) is 1. The number of amides is 2. The number of nitrogens with zero attached hydrogens (tertiary/aromatic N) is 2. The van der Waals surface area contributed by atoms with Gasteiger partial charge in [0.05, 0.1) is 0 Å². The van der Waals surface area contributed by atoms with Crippen LogP contribution in [0.25, 0.3) is 0 Å². The van der Waals surface area contributed by atoms with Crippen LogP contribution >= 0.6 is 0 Å². The summed E-state index contributed by atoms with van der Waals surface area (Å²) in [5.74, 6) is 0.895. The summed E-state index contributed by atoms with van der Waals surface area (Å²) in [6, 6.07) is 9.67. The lowest BCUT2D eigenvalue weighted by Crippen LogP contribution is -2.53. The Kier molecular flexibility index (Phi) is 5.19. The van der Waals surface area contributed by atoms with Gasteiger partial charge in [-0.25, -0.2) is 0 Å². The lowest BCUT2D eigenvalue weighted by atomic mass is 9.87. The van der Waals surface area contributed by atoms with E-state index in [0.717, 1.165) is 44.6 Å². The third kappa shape index (κ3) is 3.46. The van der Waals surface area contributed by atoms with Crippen LogP contribution in [0.15, 0.2) is 30.3 Å². The van der Waals surface area contributed by atoms with Gasteiger partial charge in [-0.15, -0.1) is 0 Å². The van der Waals surface area contributed by atoms with E-state index >= 15 is 0 Å². The molecule has 1 aromatic rings. The van der Waals surface area contributed by atoms with Crippen molar-refractivity contribution in [1.82, 2.24) is 15.1 Å². The molecule has 0 bridgehead atoms. The first-order chi connectivity index (χ1) is 11.6. The molecular formula is C19H27N3O2. The first-order valence-electron chi connectivity index (χ1n) is 8.89. The SMILES string of the molecule is CC(C(=O)N(C)C1CCN(C(=O)c2ccccc2)CC1)C1CNC1. The predicted octanol–water partition coefficient (Wildman–Crippen LogP) is 1.61. The molecule has 0 radical (unpaired) electrons. The maximum atomic E-state index is 12.6. The summed E-state index contributed by atoms with van der Waals surface area (Å²) < 4.78 is 0. The second-order valence-electron chi connectivity index (χ2n) is 7.05. The van der Waals surface area contributed by atoms with Gasteiger partial charge in [0, 0.05) is 37.7 Å². The minimum absolute atomic E-state index is 0.0835. The van der Waals surface area contributed by atoms with E-state index in [1.54, 1.807) is 0 Å². The summed E-state index contributed by atoms with van der Waals surface area (Å²) >= 11 is 0. The molecule has 1 N–H and O–H groups in total. The zero-order chi connectivity index (χ0) is 17.1. The van der Waals surface area contributed by atoms with Crippen LogP contribution in [-0.2, 0) is 4.79 Å². The number of piperidine rings is 1. The van der Waals surface area contributed by atoms with Gasteiger partial charge in [0.25, 0.3) is 5.91 Å². The molecule has 130 valence electrons. The highest BCUT2D eigenvalue weighted by atomic mass is 16.2. The summed E-state index contributed by atoms with van der Waals surface area (Å²) in [5, 5.41) is 3.23. The van der Waals surface area contributed by atoms with Gasteiger partial charge in [-0.05, 0) is 44.0 Å². The molecule has 2 amide bonds. The van der Waals surface area contributed by atoms with Crippen LogP contribution in [0, 0.1) is 11.8 Å². The monoisotopic (exact) mass is 329 g/mol. The maximum absolute atomic E-state index is 12.6. The van der Waals surface area contributed by atoms with Crippen molar-refractivity contribution in [2.24, 2.45) is 11.8 Å². The lowest BCUT2D eigenvalue weighted by molar-refractivity contribution is -0.138. The smallest absolute Gasteiger partial charge is 0.253 e. The Morgan fingerprint density at radius 3 is 2.33 bits per heavy atom. The standard InChI is InChI=1S/C19H27N3O2/c1-14(16-12-20-13-16)18(23)21(2)17-8-10-22(11-9-17)19(24)15-6-4-3-5-7-15/h3-7,14,16-17,20H,8-13H2,1-2H3. The van der Waals surface area contributed by atoms with E-state index in [0.29, 0.717) is 5.92 Å². The van der Waals surface area contributed by atoms with Crippen LogP contribution in [0.4, 0.5) is 0 Å². The van der Waals surface area contributed by atoms with Crippen molar-refractivity contribution in [3.8, 4) is 0 Å². The van der Waals surface area contributed by atoms with Crippen molar-refractivity contribution >= 4 is 11.8 Å². The average Bonchev–Trinajstić information content (AvgIpc) is 2.59. The van der Waals surface area contributed by atoms with Crippen molar-refractivity contribution in [3.05, 3.63) is 35.9 Å². The maximum Gasteiger partial charge on any atom is 0.253 e. The molecule has 0 saturated carbocycles. The fourth-order valence-corrected chi connectivity index (χ4v) is 3.59. The molecule has 1 atom stereocenters. The minimum atomic E-state index is 0.0835. The van der Waals surface area contributed by atoms with Gasteiger partial charge in [-0.2, -0.15) is 0 Å². The van der Waals surface area contributed by atoms with E-state index in [1.807, 2.05) is 54.1 Å². The lowest BCUT2D eigenvalue weighted by Gasteiger charge is -2.40. The van der Waals surface area contributed by atoms with E-state index in [4.69, 9.17) is 0 Å². The van der Waals surface area contributed by atoms with Crippen molar-refractivity contribution in [2.75, 3.05) is 33.2 Å². The second-order valence-corrected chi connectivity index (χ2v) is 7.05. The number of rotatable bonds is 4. The third-order valence-corrected chi connectivity index (χ3v) is 5.58. The van der Waals surface area contributed by atoms with Crippen LogP contribution < -0.4 is 5.32 Å². The Labute approximate surface area is 144 Å². The normalized spacial score (nSPS) is 20.3. The molecular weight excluding hydrogens is 302 g/mol. The van der Waals surface area contributed by atoms with Gasteiger partial charge in [0.1, 0.15) is 0 Å². The molecule has 2 saturated heterocycles. The predicted molar refractivity (Wildman–Crippen MR) is 93.7 cm³/mol. The summed E-state index contributed by atoms with van der Waals surface area (Å²) in [5.41, 5.74) is 0.742. The number of hydrogen-bond acceptors (Lipinski definition) is 3. The second kappa shape index (κ2) is 7.34. The number of carbonyl (C=O) groups is 2. The van der Waals surface area contributed by atoms with E-state index < -0.39 is 0 Å².